The lowest BCUT2D eigenvalue weighted by Crippen LogP contribution is -2.57. The normalized spacial score (nSPS) is 19.2. The molecule has 0 saturated heterocycles. The SMILES string of the molecule is C[C@@H]1N=C(C(=O)NCc2cccnc2OC2CCCC2)NN(c2ccccc2)C1=O. The van der Waals surface area contributed by atoms with Crippen LogP contribution >= 0.6 is 0 Å². The zero-order valence-electron chi connectivity index (χ0n) is 16.9. The standard InChI is InChI=1S/C22H25N5O3/c1-15-22(29)27(17-9-3-2-4-10-17)26-19(25-15)20(28)24-14-16-8-7-13-23-21(16)30-18-11-5-6-12-18/h2-4,7-10,13,15,18H,5-6,11-12,14H2,1H3,(H,24,28)(H,25,26)/t15-/m0/s1. The maximum atomic E-state index is 12.8. The van der Waals surface area contributed by atoms with Crippen molar-refractivity contribution < 1.29 is 14.3 Å². The number of amidine groups is 1. The third kappa shape index (κ3) is 4.42. The Hall–Kier alpha value is -3.42. The molecule has 1 aliphatic carbocycles. The second-order valence-electron chi connectivity index (χ2n) is 7.45. The number of para-hydroxylation sites is 1. The first kappa shape index (κ1) is 19.9. The number of carbonyl (C=O) groups is 2. The first-order valence-electron chi connectivity index (χ1n) is 10.2. The summed E-state index contributed by atoms with van der Waals surface area (Å²) in [6.07, 6.45) is 6.28. The summed E-state index contributed by atoms with van der Waals surface area (Å²) in [5, 5.41) is 4.20. The van der Waals surface area contributed by atoms with Crippen LogP contribution < -0.4 is 20.5 Å². The van der Waals surface area contributed by atoms with Gasteiger partial charge in [0, 0.05) is 18.3 Å². The molecule has 156 valence electrons. The van der Waals surface area contributed by atoms with Gasteiger partial charge >= 0.3 is 0 Å². The van der Waals surface area contributed by atoms with E-state index in [0.29, 0.717) is 11.6 Å². The van der Waals surface area contributed by atoms with Crippen molar-refractivity contribution >= 4 is 23.3 Å². The number of hydrogen-bond acceptors (Lipinski definition) is 6. The van der Waals surface area contributed by atoms with Crippen molar-refractivity contribution in [3.05, 3.63) is 54.2 Å². The summed E-state index contributed by atoms with van der Waals surface area (Å²) in [7, 11) is 0. The van der Waals surface area contributed by atoms with Crippen LogP contribution in [-0.4, -0.2) is 34.8 Å². The smallest absolute Gasteiger partial charge is 0.288 e. The van der Waals surface area contributed by atoms with E-state index in [9.17, 15) is 9.59 Å². The van der Waals surface area contributed by atoms with Crippen LogP contribution in [0, 0.1) is 0 Å². The maximum Gasteiger partial charge on any atom is 0.288 e. The predicted octanol–water partition coefficient (Wildman–Crippen LogP) is 2.36. The molecule has 2 aliphatic rings. The molecule has 8 heteroatoms. The number of anilines is 1. The number of nitrogens with one attached hydrogen (secondary N) is 2. The zero-order chi connectivity index (χ0) is 20.9. The van der Waals surface area contributed by atoms with E-state index in [4.69, 9.17) is 4.74 Å². The summed E-state index contributed by atoms with van der Waals surface area (Å²) in [5.74, 6) is 0.0222. The van der Waals surface area contributed by atoms with Gasteiger partial charge in [-0.25, -0.2) is 15.0 Å². The van der Waals surface area contributed by atoms with E-state index in [1.54, 1.807) is 25.3 Å². The van der Waals surface area contributed by atoms with Gasteiger partial charge in [-0.15, -0.1) is 0 Å². The molecule has 0 spiro atoms. The van der Waals surface area contributed by atoms with Crippen molar-refractivity contribution in [1.82, 2.24) is 15.7 Å². The lowest BCUT2D eigenvalue weighted by Gasteiger charge is -2.30. The third-order valence-corrected chi connectivity index (χ3v) is 5.22. The molecular weight excluding hydrogens is 382 g/mol. The second kappa shape index (κ2) is 8.94. The minimum atomic E-state index is -0.660. The fraction of sp³-hybridized carbons (Fsp3) is 0.364. The third-order valence-electron chi connectivity index (χ3n) is 5.22. The van der Waals surface area contributed by atoms with Crippen LogP contribution in [0.2, 0.25) is 0 Å². The minimum Gasteiger partial charge on any atom is -0.474 e. The van der Waals surface area contributed by atoms with Gasteiger partial charge in [0.15, 0.2) is 0 Å². The molecule has 0 unspecified atom stereocenters. The van der Waals surface area contributed by atoms with E-state index < -0.39 is 11.9 Å². The molecular formula is C22H25N5O3. The monoisotopic (exact) mass is 407 g/mol. The van der Waals surface area contributed by atoms with E-state index >= 15 is 0 Å². The van der Waals surface area contributed by atoms with Crippen LogP contribution in [0.1, 0.15) is 38.2 Å². The summed E-state index contributed by atoms with van der Waals surface area (Å²) in [4.78, 5) is 33.8. The Morgan fingerprint density at radius 3 is 2.73 bits per heavy atom. The zero-order valence-corrected chi connectivity index (χ0v) is 16.9. The number of benzene rings is 1. The average molecular weight is 407 g/mol. The minimum absolute atomic E-state index is 0.0908. The molecule has 1 aromatic heterocycles. The molecule has 1 atom stereocenters. The Bertz CT molecular complexity index is 941. The lowest BCUT2D eigenvalue weighted by atomic mass is 10.2. The second-order valence-corrected chi connectivity index (χ2v) is 7.45. The molecule has 8 nitrogen and oxygen atoms in total. The molecule has 0 radical (unpaired) electrons. The Labute approximate surface area is 175 Å². The first-order chi connectivity index (χ1) is 14.6. The Balaban J connectivity index is 1.43. The number of aliphatic imine (C=N–C) groups is 1. The molecule has 1 fully saturated rings. The van der Waals surface area contributed by atoms with Crippen molar-refractivity contribution in [3.63, 3.8) is 0 Å². The number of amides is 2. The highest BCUT2D eigenvalue weighted by Crippen LogP contribution is 2.25. The molecule has 1 aromatic carbocycles. The van der Waals surface area contributed by atoms with E-state index in [-0.39, 0.29) is 24.4 Å². The summed E-state index contributed by atoms with van der Waals surface area (Å²) in [6, 6.07) is 12.1. The van der Waals surface area contributed by atoms with E-state index in [1.807, 2.05) is 30.3 Å². The van der Waals surface area contributed by atoms with Crippen LogP contribution in [-0.2, 0) is 16.1 Å². The number of hydrazine groups is 1. The van der Waals surface area contributed by atoms with Crippen LogP contribution in [0.5, 0.6) is 5.88 Å². The van der Waals surface area contributed by atoms with Gasteiger partial charge in [0.05, 0.1) is 5.69 Å². The number of ether oxygens (including phenoxy) is 1. The van der Waals surface area contributed by atoms with Crippen molar-refractivity contribution in [2.24, 2.45) is 4.99 Å². The molecule has 30 heavy (non-hydrogen) atoms. The fourth-order valence-corrected chi connectivity index (χ4v) is 3.59. The predicted molar refractivity (Wildman–Crippen MR) is 113 cm³/mol. The fourth-order valence-electron chi connectivity index (χ4n) is 3.59. The summed E-state index contributed by atoms with van der Waals surface area (Å²) >= 11 is 0. The van der Waals surface area contributed by atoms with Gasteiger partial charge in [0.25, 0.3) is 11.8 Å². The van der Waals surface area contributed by atoms with Crippen LogP contribution in [0.25, 0.3) is 0 Å². The van der Waals surface area contributed by atoms with Gasteiger partial charge in [-0.1, -0.05) is 24.3 Å². The number of pyridine rings is 1. The summed E-state index contributed by atoms with van der Waals surface area (Å²) in [5.41, 5.74) is 4.29. The Morgan fingerprint density at radius 2 is 1.97 bits per heavy atom. The highest BCUT2D eigenvalue weighted by atomic mass is 16.5. The van der Waals surface area contributed by atoms with Gasteiger partial charge in [-0.2, -0.15) is 0 Å². The molecule has 4 rings (SSSR count). The molecule has 2 N–H and O–H groups in total. The van der Waals surface area contributed by atoms with Gasteiger partial charge in [0.2, 0.25) is 11.7 Å². The number of carbonyl (C=O) groups excluding carboxylic acids is 2. The topological polar surface area (TPSA) is 95.9 Å². The first-order valence-corrected chi connectivity index (χ1v) is 10.2. The molecule has 2 amide bonds. The van der Waals surface area contributed by atoms with Crippen molar-refractivity contribution in [3.8, 4) is 5.88 Å². The van der Waals surface area contributed by atoms with Crippen molar-refractivity contribution in [2.75, 3.05) is 5.01 Å². The maximum absolute atomic E-state index is 12.8. The summed E-state index contributed by atoms with van der Waals surface area (Å²) < 4.78 is 6.03. The van der Waals surface area contributed by atoms with Crippen LogP contribution in [0.15, 0.2) is 53.7 Å². The van der Waals surface area contributed by atoms with Gasteiger partial charge in [-0.3, -0.25) is 15.0 Å². The van der Waals surface area contributed by atoms with Crippen molar-refractivity contribution in [2.45, 2.75) is 51.3 Å². The number of nitrogens with zero attached hydrogens (tertiary/aromatic N) is 3. The molecule has 1 aliphatic heterocycles. The highest BCUT2D eigenvalue weighted by molar-refractivity contribution is 6.39. The average Bonchev–Trinajstić information content (AvgIpc) is 3.28. The quantitative estimate of drug-likeness (QED) is 0.766. The van der Waals surface area contributed by atoms with E-state index in [1.165, 1.54) is 17.9 Å². The number of aromatic nitrogens is 1. The number of rotatable bonds is 6. The van der Waals surface area contributed by atoms with Gasteiger partial charge in [-0.05, 0) is 50.8 Å². The highest BCUT2D eigenvalue weighted by Gasteiger charge is 2.30. The van der Waals surface area contributed by atoms with Crippen LogP contribution in [0.3, 0.4) is 0 Å². The Kier molecular flexibility index (Phi) is 5.92. The summed E-state index contributed by atoms with van der Waals surface area (Å²) in [6.45, 7) is 1.92. The largest absolute Gasteiger partial charge is 0.474 e. The Morgan fingerprint density at radius 1 is 1.20 bits per heavy atom. The molecule has 2 heterocycles. The van der Waals surface area contributed by atoms with E-state index in [0.717, 1.165) is 18.4 Å². The van der Waals surface area contributed by atoms with Gasteiger partial charge < -0.3 is 10.1 Å². The van der Waals surface area contributed by atoms with Crippen molar-refractivity contribution in [1.29, 1.82) is 0 Å². The molecule has 0 bridgehead atoms. The molecule has 1 saturated carbocycles. The van der Waals surface area contributed by atoms with Gasteiger partial charge in [0.1, 0.15) is 12.1 Å². The van der Waals surface area contributed by atoms with Crippen LogP contribution in [0.4, 0.5) is 5.69 Å². The molecule has 2 aromatic rings. The van der Waals surface area contributed by atoms with E-state index in [2.05, 4.69) is 20.7 Å². The number of hydrogen-bond donors (Lipinski definition) is 2. The lowest BCUT2D eigenvalue weighted by molar-refractivity contribution is -0.120.